The second-order valence-electron chi connectivity index (χ2n) is 7.67. The van der Waals surface area contributed by atoms with Gasteiger partial charge in [0.2, 0.25) is 5.89 Å². The topological polar surface area (TPSA) is 59.2 Å². The van der Waals surface area contributed by atoms with Crippen molar-refractivity contribution in [2.75, 3.05) is 13.1 Å². The Kier molecular flexibility index (Phi) is 3.89. The minimum atomic E-state index is -0.120. The van der Waals surface area contributed by atoms with E-state index in [1.54, 1.807) is 0 Å². The highest BCUT2D eigenvalue weighted by atomic mass is 16.5. The van der Waals surface area contributed by atoms with Crippen LogP contribution in [-0.4, -0.2) is 34.0 Å². The monoisotopic (exact) mass is 339 g/mol. The Morgan fingerprint density at radius 3 is 2.76 bits per heavy atom. The highest BCUT2D eigenvalue weighted by Gasteiger charge is 2.54. The van der Waals surface area contributed by atoms with Crippen LogP contribution in [0.3, 0.4) is 0 Å². The quantitative estimate of drug-likeness (QED) is 0.859. The van der Waals surface area contributed by atoms with Crippen molar-refractivity contribution in [2.24, 2.45) is 5.92 Å². The molecule has 2 heterocycles. The van der Waals surface area contributed by atoms with Crippen LogP contribution >= 0.6 is 0 Å². The van der Waals surface area contributed by atoms with Crippen molar-refractivity contribution in [1.29, 1.82) is 0 Å². The highest BCUT2D eigenvalue weighted by Crippen LogP contribution is 2.49. The minimum Gasteiger partial charge on any atom is -0.339 e. The van der Waals surface area contributed by atoms with Crippen molar-refractivity contribution in [1.82, 2.24) is 15.0 Å². The lowest BCUT2D eigenvalue weighted by molar-refractivity contribution is 0.0776. The van der Waals surface area contributed by atoms with Crippen molar-refractivity contribution in [2.45, 2.75) is 51.9 Å². The number of fused-ring (bicyclic) bond motifs is 1. The first-order chi connectivity index (χ1) is 12.0. The Labute approximate surface area is 148 Å². The van der Waals surface area contributed by atoms with Crippen LogP contribution in [-0.2, 0) is 11.8 Å². The van der Waals surface area contributed by atoms with E-state index in [9.17, 15) is 4.79 Å². The van der Waals surface area contributed by atoms with E-state index < -0.39 is 0 Å². The molecule has 4 rings (SSSR count). The van der Waals surface area contributed by atoms with Gasteiger partial charge in [0, 0.05) is 25.1 Å². The molecule has 132 valence electrons. The SMILES string of the molecule is CCc1nc([C@@]23CCC[C@@H]2CN(C(=O)c2cc(C)cc(C)c2)C3)no1. The molecule has 1 amide bonds. The van der Waals surface area contributed by atoms with Crippen molar-refractivity contribution < 1.29 is 9.32 Å². The van der Waals surface area contributed by atoms with Crippen LogP contribution < -0.4 is 0 Å². The molecule has 1 aliphatic carbocycles. The maximum absolute atomic E-state index is 13.1. The standard InChI is InChI=1S/C20H25N3O2/c1-4-17-21-19(22-25-17)20-7-5-6-16(20)11-23(12-20)18(24)15-9-13(2)8-14(3)10-15/h8-10,16H,4-7,11-12H2,1-3H3/t16-,20-/m1/s1. The molecule has 5 nitrogen and oxygen atoms in total. The minimum absolute atomic E-state index is 0.120. The molecule has 0 unspecified atom stereocenters. The number of hydrogen-bond donors (Lipinski definition) is 0. The Hall–Kier alpha value is -2.17. The van der Waals surface area contributed by atoms with E-state index in [1.807, 2.05) is 37.8 Å². The summed E-state index contributed by atoms with van der Waals surface area (Å²) < 4.78 is 5.38. The van der Waals surface area contributed by atoms with Crippen LogP contribution in [0.2, 0.25) is 0 Å². The summed E-state index contributed by atoms with van der Waals surface area (Å²) in [5, 5.41) is 4.27. The maximum atomic E-state index is 13.1. The van der Waals surface area contributed by atoms with Gasteiger partial charge in [-0.2, -0.15) is 4.98 Å². The van der Waals surface area contributed by atoms with E-state index in [2.05, 4.69) is 16.2 Å². The number of amides is 1. The van der Waals surface area contributed by atoms with Crippen molar-refractivity contribution in [3.8, 4) is 0 Å². The van der Waals surface area contributed by atoms with Gasteiger partial charge in [0.25, 0.3) is 5.91 Å². The van der Waals surface area contributed by atoms with Gasteiger partial charge in [0.15, 0.2) is 5.82 Å². The summed E-state index contributed by atoms with van der Waals surface area (Å²) in [6.45, 7) is 7.59. The Morgan fingerprint density at radius 1 is 1.32 bits per heavy atom. The Balaban J connectivity index is 1.63. The van der Waals surface area contributed by atoms with Crippen LogP contribution in [0.25, 0.3) is 0 Å². The predicted molar refractivity (Wildman–Crippen MR) is 94.5 cm³/mol. The smallest absolute Gasteiger partial charge is 0.253 e. The maximum Gasteiger partial charge on any atom is 0.253 e. The molecule has 2 aliphatic rings. The van der Waals surface area contributed by atoms with Gasteiger partial charge in [-0.15, -0.1) is 0 Å². The van der Waals surface area contributed by atoms with Gasteiger partial charge in [-0.05, 0) is 44.7 Å². The molecule has 0 N–H and O–H groups in total. The van der Waals surface area contributed by atoms with Gasteiger partial charge in [-0.3, -0.25) is 4.79 Å². The zero-order valence-corrected chi connectivity index (χ0v) is 15.2. The van der Waals surface area contributed by atoms with Gasteiger partial charge in [0.05, 0.1) is 5.41 Å². The second-order valence-corrected chi connectivity index (χ2v) is 7.67. The molecule has 1 aliphatic heterocycles. The lowest BCUT2D eigenvalue weighted by Crippen LogP contribution is -2.35. The van der Waals surface area contributed by atoms with Crippen molar-refractivity contribution >= 4 is 5.91 Å². The van der Waals surface area contributed by atoms with Crippen molar-refractivity contribution in [3.63, 3.8) is 0 Å². The lowest BCUT2D eigenvalue weighted by atomic mass is 9.80. The fourth-order valence-corrected chi connectivity index (χ4v) is 4.69. The molecule has 2 atom stereocenters. The van der Waals surface area contributed by atoms with E-state index in [1.165, 1.54) is 6.42 Å². The fourth-order valence-electron chi connectivity index (χ4n) is 4.69. The van der Waals surface area contributed by atoms with Gasteiger partial charge < -0.3 is 9.42 Å². The molecule has 1 aromatic heterocycles. The van der Waals surface area contributed by atoms with E-state index in [-0.39, 0.29) is 11.3 Å². The van der Waals surface area contributed by atoms with Crippen LogP contribution in [0.1, 0.15) is 59.4 Å². The number of hydrogen-bond acceptors (Lipinski definition) is 4. The summed E-state index contributed by atoms with van der Waals surface area (Å²) in [6, 6.07) is 6.07. The number of carbonyl (C=O) groups is 1. The number of aromatic nitrogens is 2. The molecule has 0 radical (unpaired) electrons. The molecule has 1 aromatic carbocycles. The molecule has 2 aromatic rings. The summed E-state index contributed by atoms with van der Waals surface area (Å²) in [5.41, 5.74) is 2.92. The van der Waals surface area contributed by atoms with Crippen LogP contribution in [0.15, 0.2) is 22.7 Å². The zero-order valence-electron chi connectivity index (χ0n) is 15.2. The molecular weight excluding hydrogens is 314 g/mol. The van der Waals surface area contributed by atoms with E-state index in [4.69, 9.17) is 4.52 Å². The number of aryl methyl sites for hydroxylation is 3. The summed E-state index contributed by atoms with van der Waals surface area (Å²) in [5.74, 6) is 2.06. The average molecular weight is 339 g/mol. The summed E-state index contributed by atoms with van der Waals surface area (Å²) >= 11 is 0. The second kappa shape index (κ2) is 5.97. The fraction of sp³-hybridized carbons (Fsp3) is 0.550. The molecule has 2 fully saturated rings. The molecule has 1 saturated carbocycles. The summed E-state index contributed by atoms with van der Waals surface area (Å²) in [7, 11) is 0. The first-order valence-corrected chi connectivity index (χ1v) is 9.22. The Bertz CT molecular complexity index is 793. The van der Waals surface area contributed by atoms with Crippen LogP contribution in [0, 0.1) is 19.8 Å². The number of benzene rings is 1. The summed E-state index contributed by atoms with van der Waals surface area (Å²) in [4.78, 5) is 19.7. The summed E-state index contributed by atoms with van der Waals surface area (Å²) in [6.07, 6.45) is 4.09. The van der Waals surface area contributed by atoms with Crippen LogP contribution in [0.5, 0.6) is 0 Å². The zero-order chi connectivity index (χ0) is 17.6. The van der Waals surface area contributed by atoms with E-state index in [0.29, 0.717) is 18.4 Å². The molecule has 1 saturated heterocycles. The Morgan fingerprint density at radius 2 is 2.08 bits per heavy atom. The normalized spacial score (nSPS) is 25.4. The van der Waals surface area contributed by atoms with Gasteiger partial charge in [-0.25, -0.2) is 0 Å². The number of likely N-dealkylation sites (tertiary alicyclic amines) is 1. The van der Waals surface area contributed by atoms with Gasteiger partial charge in [-0.1, -0.05) is 35.7 Å². The third-order valence-electron chi connectivity index (χ3n) is 5.84. The predicted octanol–water partition coefficient (Wildman–Crippen LogP) is 3.44. The first-order valence-electron chi connectivity index (χ1n) is 9.22. The molecular formula is C20H25N3O2. The molecule has 25 heavy (non-hydrogen) atoms. The van der Waals surface area contributed by atoms with Crippen molar-refractivity contribution in [3.05, 3.63) is 46.6 Å². The number of nitrogens with zero attached hydrogens (tertiary/aromatic N) is 3. The lowest BCUT2D eigenvalue weighted by Gasteiger charge is -2.24. The van der Waals surface area contributed by atoms with E-state index >= 15 is 0 Å². The van der Waals surface area contributed by atoms with Crippen LogP contribution in [0.4, 0.5) is 0 Å². The third kappa shape index (κ3) is 2.66. The van der Waals surface area contributed by atoms with Gasteiger partial charge in [0.1, 0.15) is 0 Å². The highest BCUT2D eigenvalue weighted by molar-refractivity contribution is 5.95. The molecule has 0 bridgehead atoms. The number of carbonyl (C=O) groups excluding carboxylic acids is 1. The van der Waals surface area contributed by atoms with Gasteiger partial charge >= 0.3 is 0 Å². The first kappa shape index (κ1) is 16.3. The third-order valence-corrected chi connectivity index (χ3v) is 5.84. The molecule has 5 heteroatoms. The van der Waals surface area contributed by atoms with E-state index in [0.717, 1.165) is 48.3 Å². The largest absolute Gasteiger partial charge is 0.339 e. The average Bonchev–Trinajstić information content (AvgIpc) is 3.26. The number of rotatable bonds is 3. The molecule has 0 spiro atoms.